The highest BCUT2D eigenvalue weighted by atomic mass is 32.2. The number of sulfonamides is 1. The predicted octanol–water partition coefficient (Wildman–Crippen LogP) is 1.79. The number of nitrogens with zero attached hydrogens (tertiary/aromatic N) is 2. The highest BCUT2D eigenvalue weighted by molar-refractivity contribution is 7.89. The van der Waals surface area contributed by atoms with Crippen molar-refractivity contribution in [3.05, 3.63) is 29.8 Å². The van der Waals surface area contributed by atoms with Crippen molar-refractivity contribution >= 4 is 15.9 Å². The SMILES string of the molecule is Cc1ccc(S(=O)(=O)N2CCC3(CC[C@@H](C(=O)N(C)C)O3)CC2)cc1. The number of hydrogen-bond acceptors (Lipinski definition) is 4. The lowest BCUT2D eigenvalue weighted by Gasteiger charge is -2.38. The molecule has 2 saturated heterocycles. The fourth-order valence-electron chi connectivity index (χ4n) is 3.64. The van der Waals surface area contributed by atoms with Gasteiger partial charge in [-0.05, 0) is 44.7 Å². The minimum atomic E-state index is -3.47. The second kappa shape index (κ2) is 6.70. The Morgan fingerprint density at radius 3 is 2.32 bits per heavy atom. The van der Waals surface area contributed by atoms with Gasteiger partial charge in [-0.1, -0.05) is 17.7 Å². The Labute approximate surface area is 149 Å². The average Bonchev–Trinajstić information content (AvgIpc) is 2.98. The van der Waals surface area contributed by atoms with Crippen LogP contribution in [-0.4, -0.2) is 62.4 Å². The zero-order chi connectivity index (χ0) is 18.2. The lowest BCUT2D eigenvalue weighted by Crippen LogP contribution is -2.47. The maximum absolute atomic E-state index is 12.8. The zero-order valence-electron chi connectivity index (χ0n) is 15.1. The number of rotatable bonds is 3. The van der Waals surface area contributed by atoms with E-state index in [1.807, 2.05) is 19.1 Å². The smallest absolute Gasteiger partial charge is 0.251 e. The summed E-state index contributed by atoms with van der Waals surface area (Å²) in [5.74, 6) is -0.00779. The molecule has 3 rings (SSSR count). The zero-order valence-corrected chi connectivity index (χ0v) is 15.9. The van der Waals surface area contributed by atoms with Crippen LogP contribution >= 0.6 is 0 Å². The number of ether oxygens (including phenoxy) is 1. The number of piperidine rings is 1. The van der Waals surface area contributed by atoms with E-state index >= 15 is 0 Å². The summed E-state index contributed by atoms with van der Waals surface area (Å²) < 4.78 is 33.2. The van der Waals surface area contributed by atoms with Crippen LogP contribution in [0.5, 0.6) is 0 Å². The van der Waals surface area contributed by atoms with Crippen LogP contribution < -0.4 is 0 Å². The molecular formula is C18H26N2O4S. The van der Waals surface area contributed by atoms with Crippen LogP contribution in [0.15, 0.2) is 29.2 Å². The van der Waals surface area contributed by atoms with Gasteiger partial charge >= 0.3 is 0 Å². The third-order valence-corrected chi connectivity index (χ3v) is 7.18. The summed E-state index contributed by atoms with van der Waals surface area (Å²) >= 11 is 0. The summed E-state index contributed by atoms with van der Waals surface area (Å²) in [6.45, 7) is 2.79. The third kappa shape index (κ3) is 3.59. The standard InChI is InChI=1S/C18H26N2O4S/c1-14-4-6-15(7-5-14)25(22,23)20-12-10-18(11-13-20)9-8-16(24-18)17(21)19(2)3/h4-7,16H,8-13H2,1-3H3/t16-/m0/s1. The molecule has 25 heavy (non-hydrogen) atoms. The molecule has 0 aliphatic carbocycles. The molecule has 6 nitrogen and oxygen atoms in total. The Kier molecular flexibility index (Phi) is 4.92. The number of carbonyl (C=O) groups is 1. The highest BCUT2D eigenvalue weighted by Gasteiger charge is 2.46. The van der Waals surface area contributed by atoms with Crippen LogP contribution in [0, 0.1) is 6.92 Å². The summed E-state index contributed by atoms with van der Waals surface area (Å²) in [6.07, 6.45) is 2.40. The van der Waals surface area contributed by atoms with Crippen LogP contribution in [0.4, 0.5) is 0 Å². The number of carbonyl (C=O) groups excluding carboxylic acids is 1. The first-order valence-electron chi connectivity index (χ1n) is 8.69. The summed E-state index contributed by atoms with van der Waals surface area (Å²) in [6, 6.07) is 6.95. The highest BCUT2D eigenvalue weighted by Crippen LogP contribution is 2.40. The molecule has 0 unspecified atom stereocenters. The van der Waals surface area contributed by atoms with Crippen molar-refractivity contribution in [1.82, 2.24) is 9.21 Å². The van der Waals surface area contributed by atoms with Gasteiger partial charge in [0.05, 0.1) is 10.5 Å². The molecule has 1 atom stereocenters. The Balaban J connectivity index is 1.66. The second-order valence-corrected chi connectivity index (χ2v) is 9.22. The van der Waals surface area contributed by atoms with Crippen molar-refractivity contribution in [2.24, 2.45) is 0 Å². The lowest BCUT2D eigenvalue weighted by molar-refractivity contribution is -0.147. The number of amides is 1. The van der Waals surface area contributed by atoms with Crippen molar-refractivity contribution in [2.75, 3.05) is 27.2 Å². The van der Waals surface area contributed by atoms with Crippen LogP contribution in [0.25, 0.3) is 0 Å². The van der Waals surface area contributed by atoms with E-state index < -0.39 is 16.1 Å². The molecule has 2 aliphatic heterocycles. The molecule has 138 valence electrons. The van der Waals surface area contributed by atoms with E-state index in [-0.39, 0.29) is 11.5 Å². The van der Waals surface area contributed by atoms with E-state index in [1.165, 1.54) is 4.31 Å². The fraction of sp³-hybridized carbons (Fsp3) is 0.611. The first kappa shape index (κ1) is 18.4. The van der Waals surface area contributed by atoms with Crippen LogP contribution in [-0.2, 0) is 19.6 Å². The quantitative estimate of drug-likeness (QED) is 0.818. The van der Waals surface area contributed by atoms with Crippen molar-refractivity contribution in [3.8, 4) is 0 Å². The van der Waals surface area contributed by atoms with Gasteiger partial charge in [-0.3, -0.25) is 4.79 Å². The molecular weight excluding hydrogens is 340 g/mol. The van der Waals surface area contributed by atoms with Crippen molar-refractivity contribution in [2.45, 2.75) is 49.2 Å². The van der Waals surface area contributed by atoms with E-state index in [1.54, 1.807) is 31.1 Å². The topological polar surface area (TPSA) is 66.9 Å². The van der Waals surface area contributed by atoms with E-state index in [9.17, 15) is 13.2 Å². The van der Waals surface area contributed by atoms with Crippen molar-refractivity contribution in [3.63, 3.8) is 0 Å². The number of hydrogen-bond donors (Lipinski definition) is 0. The van der Waals surface area contributed by atoms with E-state index in [2.05, 4.69) is 0 Å². The van der Waals surface area contributed by atoms with Crippen LogP contribution in [0.2, 0.25) is 0 Å². The van der Waals surface area contributed by atoms with Gasteiger partial charge in [-0.25, -0.2) is 8.42 Å². The molecule has 0 saturated carbocycles. The predicted molar refractivity (Wildman–Crippen MR) is 94.7 cm³/mol. The second-order valence-electron chi connectivity index (χ2n) is 7.28. The Hall–Kier alpha value is -1.44. The van der Waals surface area contributed by atoms with Crippen LogP contribution in [0.3, 0.4) is 0 Å². The molecule has 0 N–H and O–H groups in total. The van der Waals surface area contributed by atoms with Crippen molar-refractivity contribution in [1.29, 1.82) is 0 Å². The summed E-state index contributed by atoms with van der Waals surface area (Å²) in [5.41, 5.74) is 0.683. The number of benzene rings is 1. The Bertz CT molecular complexity index is 735. The summed E-state index contributed by atoms with van der Waals surface area (Å²) in [5, 5.41) is 0. The monoisotopic (exact) mass is 366 g/mol. The molecule has 2 fully saturated rings. The number of aryl methyl sites for hydroxylation is 1. The first-order chi connectivity index (χ1) is 11.7. The first-order valence-corrected chi connectivity index (χ1v) is 10.1. The van der Waals surface area contributed by atoms with Gasteiger partial charge in [0.25, 0.3) is 5.91 Å². The van der Waals surface area contributed by atoms with E-state index in [4.69, 9.17) is 4.74 Å². The van der Waals surface area contributed by atoms with E-state index in [0.29, 0.717) is 37.2 Å². The van der Waals surface area contributed by atoms with Gasteiger partial charge < -0.3 is 9.64 Å². The molecule has 7 heteroatoms. The van der Waals surface area contributed by atoms with Gasteiger partial charge in [0, 0.05) is 27.2 Å². The molecule has 2 aliphatic rings. The maximum Gasteiger partial charge on any atom is 0.251 e. The average molecular weight is 366 g/mol. The maximum atomic E-state index is 12.8. The molecule has 1 spiro atoms. The van der Waals surface area contributed by atoms with Gasteiger partial charge in [0.1, 0.15) is 6.10 Å². The Morgan fingerprint density at radius 2 is 1.76 bits per heavy atom. The van der Waals surface area contributed by atoms with Gasteiger partial charge in [0.15, 0.2) is 0 Å². The van der Waals surface area contributed by atoms with Crippen molar-refractivity contribution < 1.29 is 17.9 Å². The Morgan fingerprint density at radius 1 is 1.16 bits per heavy atom. The molecule has 0 bridgehead atoms. The minimum absolute atomic E-state index is 0.00779. The molecule has 2 heterocycles. The van der Waals surface area contributed by atoms with Gasteiger partial charge in [-0.15, -0.1) is 0 Å². The van der Waals surface area contributed by atoms with Crippen LogP contribution in [0.1, 0.15) is 31.2 Å². The van der Waals surface area contributed by atoms with Gasteiger partial charge in [-0.2, -0.15) is 4.31 Å². The molecule has 1 amide bonds. The third-order valence-electron chi connectivity index (χ3n) is 5.26. The lowest BCUT2D eigenvalue weighted by atomic mass is 9.89. The molecule has 1 aromatic rings. The summed E-state index contributed by atoms with van der Waals surface area (Å²) in [4.78, 5) is 14.0. The molecule has 1 aromatic carbocycles. The number of likely N-dealkylation sites (N-methyl/N-ethyl adjacent to an activating group) is 1. The molecule has 0 aromatic heterocycles. The largest absolute Gasteiger partial charge is 0.362 e. The van der Waals surface area contributed by atoms with E-state index in [0.717, 1.165) is 12.0 Å². The molecule has 0 radical (unpaired) electrons. The fourth-order valence-corrected chi connectivity index (χ4v) is 5.08. The normalized spacial score (nSPS) is 23.7. The van der Waals surface area contributed by atoms with Gasteiger partial charge in [0.2, 0.25) is 10.0 Å². The minimum Gasteiger partial charge on any atom is -0.362 e. The summed E-state index contributed by atoms with van der Waals surface area (Å²) in [7, 11) is -0.00649.